The maximum absolute atomic E-state index is 6.74. The average molecular weight is 728 g/mol. The van der Waals surface area contributed by atoms with Crippen LogP contribution >= 0.6 is 0 Å². The Morgan fingerprint density at radius 1 is 0.281 bits per heavy atom. The Morgan fingerprint density at radius 3 is 1.56 bits per heavy atom. The molecule has 11 rings (SSSR count). The lowest BCUT2D eigenvalue weighted by molar-refractivity contribution is 0.673. The van der Waals surface area contributed by atoms with E-state index in [1.165, 1.54) is 21.9 Å². The minimum atomic E-state index is 0.618. The highest BCUT2D eigenvalue weighted by Gasteiger charge is 2.18. The standard InChI is InChI=1S/C53H33N3O/c1-3-13-34(14-4-1)35-25-27-38(28-26-35)52-54-51(37-16-5-2-6-17-37)55-53(56-52)41-20-11-19-39(31-41)47-33-48-45-30-29-40(43-24-12-18-36-15-7-8-21-42(36)43)32-49(45)57-50(48)46-23-10-9-22-44(46)47/h1-33H. The highest BCUT2D eigenvalue weighted by atomic mass is 16.3. The molecule has 0 unspecified atom stereocenters. The van der Waals surface area contributed by atoms with E-state index in [1.54, 1.807) is 0 Å². The number of aromatic nitrogens is 3. The largest absolute Gasteiger partial charge is 0.455 e. The van der Waals surface area contributed by atoms with Gasteiger partial charge in [0.05, 0.1) is 0 Å². The summed E-state index contributed by atoms with van der Waals surface area (Å²) in [4.78, 5) is 15.1. The van der Waals surface area contributed by atoms with Crippen molar-refractivity contribution in [3.05, 3.63) is 200 Å². The lowest BCUT2D eigenvalue weighted by Crippen LogP contribution is -2.00. The van der Waals surface area contributed by atoms with Gasteiger partial charge in [-0.05, 0) is 73.8 Å². The van der Waals surface area contributed by atoms with E-state index in [0.717, 1.165) is 71.7 Å². The fourth-order valence-electron chi connectivity index (χ4n) is 8.10. The Bertz CT molecular complexity index is 3270. The van der Waals surface area contributed by atoms with Gasteiger partial charge in [0.1, 0.15) is 11.2 Å². The number of furan rings is 1. The fourth-order valence-corrected chi connectivity index (χ4v) is 8.10. The van der Waals surface area contributed by atoms with Gasteiger partial charge in [0, 0.05) is 32.8 Å². The molecule has 0 aliphatic rings. The molecular weight excluding hydrogens is 695 g/mol. The molecule has 0 saturated heterocycles. The summed E-state index contributed by atoms with van der Waals surface area (Å²) in [6.45, 7) is 0. The minimum Gasteiger partial charge on any atom is -0.455 e. The summed E-state index contributed by atoms with van der Waals surface area (Å²) >= 11 is 0. The molecule has 0 aliphatic heterocycles. The van der Waals surface area contributed by atoms with E-state index in [-0.39, 0.29) is 0 Å². The van der Waals surface area contributed by atoms with Crippen molar-refractivity contribution in [3.63, 3.8) is 0 Å². The molecule has 0 N–H and O–H groups in total. The molecule has 266 valence electrons. The number of hydrogen-bond donors (Lipinski definition) is 0. The van der Waals surface area contributed by atoms with E-state index < -0.39 is 0 Å². The van der Waals surface area contributed by atoms with Gasteiger partial charge >= 0.3 is 0 Å². The van der Waals surface area contributed by atoms with E-state index in [2.05, 4.69) is 164 Å². The molecule has 0 spiro atoms. The van der Waals surface area contributed by atoms with Crippen LogP contribution in [0.25, 0.3) is 111 Å². The van der Waals surface area contributed by atoms with E-state index in [1.807, 2.05) is 36.4 Å². The van der Waals surface area contributed by atoms with Crippen LogP contribution in [0.4, 0.5) is 0 Å². The van der Waals surface area contributed by atoms with Gasteiger partial charge in [0.2, 0.25) is 0 Å². The zero-order chi connectivity index (χ0) is 37.7. The van der Waals surface area contributed by atoms with Crippen molar-refractivity contribution < 1.29 is 4.42 Å². The van der Waals surface area contributed by atoms with Crippen LogP contribution in [0, 0.1) is 0 Å². The van der Waals surface area contributed by atoms with Crippen LogP contribution < -0.4 is 0 Å². The molecule has 4 nitrogen and oxygen atoms in total. The van der Waals surface area contributed by atoms with Crippen molar-refractivity contribution in [2.45, 2.75) is 0 Å². The molecule has 9 aromatic carbocycles. The summed E-state index contributed by atoms with van der Waals surface area (Å²) in [6, 6.07) is 69.9. The predicted molar refractivity (Wildman–Crippen MR) is 235 cm³/mol. The molecule has 0 fully saturated rings. The van der Waals surface area contributed by atoms with E-state index in [4.69, 9.17) is 19.4 Å². The number of nitrogens with zero attached hydrogens (tertiary/aromatic N) is 3. The Labute approximate surface area is 329 Å². The van der Waals surface area contributed by atoms with Crippen molar-refractivity contribution in [1.29, 1.82) is 0 Å². The second kappa shape index (κ2) is 13.6. The molecule has 0 amide bonds. The van der Waals surface area contributed by atoms with Crippen LogP contribution in [-0.4, -0.2) is 15.0 Å². The van der Waals surface area contributed by atoms with Crippen LogP contribution in [0.5, 0.6) is 0 Å². The molecule has 2 heterocycles. The van der Waals surface area contributed by atoms with Gasteiger partial charge in [-0.1, -0.05) is 176 Å². The molecule has 2 aromatic heterocycles. The monoisotopic (exact) mass is 727 g/mol. The summed E-state index contributed by atoms with van der Waals surface area (Å²) in [5.41, 5.74) is 11.4. The van der Waals surface area contributed by atoms with Crippen LogP contribution in [0.15, 0.2) is 205 Å². The van der Waals surface area contributed by atoms with Gasteiger partial charge < -0.3 is 4.42 Å². The van der Waals surface area contributed by atoms with Crippen molar-refractivity contribution >= 4 is 43.5 Å². The van der Waals surface area contributed by atoms with Crippen molar-refractivity contribution in [1.82, 2.24) is 15.0 Å². The topological polar surface area (TPSA) is 51.8 Å². The highest BCUT2D eigenvalue weighted by molar-refractivity contribution is 6.19. The minimum absolute atomic E-state index is 0.618. The quantitative estimate of drug-likeness (QED) is 0.171. The zero-order valence-corrected chi connectivity index (χ0v) is 30.8. The number of hydrogen-bond acceptors (Lipinski definition) is 4. The van der Waals surface area contributed by atoms with Gasteiger partial charge in [-0.2, -0.15) is 0 Å². The first kappa shape index (κ1) is 32.7. The van der Waals surface area contributed by atoms with Crippen LogP contribution in [0.3, 0.4) is 0 Å². The van der Waals surface area contributed by atoms with Crippen LogP contribution in [-0.2, 0) is 0 Å². The maximum Gasteiger partial charge on any atom is 0.164 e. The fraction of sp³-hybridized carbons (Fsp3) is 0. The Morgan fingerprint density at radius 2 is 0.789 bits per heavy atom. The smallest absolute Gasteiger partial charge is 0.164 e. The highest BCUT2D eigenvalue weighted by Crippen LogP contribution is 2.42. The first-order valence-corrected chi connectivity index (χ1v) is 19.2. The maximum atomic E-state index is 6.74. The third-order valence-electron chi connectivity index (χ3n) is 10.9. The van der Waals surface area contributed by atoms with E-state index in [9.17, 15) is 0 Å². The second-order valence-corrected chi connectivity index (χ2v) is 14.4. The summed E-state index contributed by atoms with van der Waals surface area (Å²) in [6.07, 6.45) is 0. The summed E-state index contributed by atoms with van der Waals surface area (Å²) in [5.74, 6) is 1.88. The molecule has 11 aromatic rings. The average Bonchev–Trinajstić information content (AvgIpc) is 3.67. The van der Waals surface area contributed by atoms with Crippen LogP contribution in [0.2, 0.25) is 0 Å². The molecule has 4 heteroatoms. The molecule has 0 saturated carbocycles. The number of rotatable bonds is 6. The van der Waals surface area contributed by atoms with Crippen molar-refractivity contribution in [2.24, 2.45) is 0 Å². The third-order valence-corrected chi connectivity index (χ3v) is 10.9. The number of benzene rings is 9. The van der Waals surface area contributed by atoms with E-state index >= 15 is 0 Å². The van der Waals surface area contributed by atoms with Gasteiger partial charge in [-0.3, -0.25) is 0 Å². The molecule has 0 aliphatic carbocycles. The van der Waals surface area contributed by atoms with Crippen LogP contribution in [0.1, 0.15) is 0 Å². The summed E-state index contributed by atoms with van der Waals surface area (Å²) in [5, 5.41) is 6.82. The van der Waals surface area contributed by atoms with Crippen molar-refractivity contribution in [2.75, 3.05) is 0 Å². The summed E-state index contributed by atoms with van der Waals surface area (Å²) < 4.78 is 6.74. The third kappa shape index (κ3) is 5.83. The Hall–Kier alpha value is -7.69. The van der Waals surface area contributed by atoms with Gasteiger partial charge in [-0.25, -0.2) is 15.0 Å². The molecule has 0 radical (unpaired) electrons. The van der Waals surface area contributed by atoms with E-state index in [0.29, 0.717) is 17.5 Å². The Kier molecular flexibility index (Phi) is 7.78. The van der Waals surface area contributed by atoms with Gasteiger partial charge in [0.25, 0.3) is 0 Å². The molecule has 0 bridgehead atoms. The second-order valence-electron chi connectivity index (χ2n) is 14.4. The molecular formula is C53H33N3O. The lowest BCUT2D eigenvalue weighted by Gasteiger charge is -2.12. The molecule has 57 heavy (non-hydrogen) atoms. The summed E-state index contributed by atoms with van der Waals surface area (Å²) in [7, 11) is 0. The lowest BCUT2D eigenvalue weighted by atomic mass is 9.94. The predicted octanol–water partition coefficient (Wildman–Crippen LogP) is 14.1. The first-order valence-electron chi connectivity index (χ1n) is 19.2. The SMILES string of the molecule is c1ccc(-c2ccc(-c3nc(-c4ccccc4)nc(-c4cccc(-c5cc6c7ccc(-c8cccc9ccccc89)cc7oc6c6ccccc56)c4)n3)cc2)cc1. The van der Waals surface area contributed by atoms with Gasteiger partial charge in [-0.15, -0.1) is 0 Å². The first-order chi connectivity index (χ1) is 28.2. The number of fused-ring (bicyclic) bond motifs is 6. The van der Waals surface area contributed by atoms with Crippen molar-refractivity contribution in [3.8, 4) is 67.5 Å². The zero-order valence-electron chi connectivity index (χ0n) is 30.8. The normalized spacial score (nSPS) is 11.5. The Balaban J connectivity index is 1.04. The van der Waals surface area contributed by atoms with Gasteiger partial charge in [0.15, 0.2) is 17.5 Å². The molecule has 0 atom stereocenters.